The number of anilines is 1. The molecule has 11 nitrogen and oxygen atoms in total. The van der Waals surface area contributed by atoms with Gasteiger partial charge in [0.25, 0.3) is 11.6 Å². The maximum atomic E-state index is 13.3. The number of nitrogens with one attached hydrogen (secondary N) is 1. The molecule has 0 bridgehead atoms. The van der Waals surface area contributed by atoms with E-state index >= 15 is 0 Å². The Morgan fingerprint density at radius 3 is 2.35 bits per heavy atom. The number of nitro benzene ring substituents is 1. The number of sulfonamides is 1. The summed E-state index contributed by atoms with van der Waals surface area (Å²) < 4.78 is 38.0. The topological polar surface area (TPSA) is 145 Å². The molecule has 1 heterocycles. The van der Waals surface area contributed by atoms with Crippen molar-refractivity contribution < 1.29 is 32.4 Å². The number of benzene rings is 3. The van der Waals surface area contributed by atoms with Gasteiger partial charge in [0.15, 0.2) is 0 Å². The molecule has 3 aromatic rings. The Morgan fingerprint density at radius 2 is 1.65 bits per heavy atom. The molecule has 192 valence electrons. The van der Waals surface area contributed by atoms with E-state index in [1.54, 1.807) is 30.3 Å². The predicted molar refractivity (Wildman–Crippen MR) is 132 cm³/mol. The van der Waals surface area contributed by atoms with Gasteiger partial charge in [-0.25, -0.2) is 13.2 Å². The summed E-state index contributed by atoms with van der Waals surface area (Å²) in [5, 5.41) is 13.9. The number of amides is 1. The number of nitro groups is 1. The van der Waals surface area contributed by atoms with Gasteiger partial charge < -0.3 is 14.8 Å². The van der Waals surface area contributed by atoms with E-state index in [2.05, 4.69) is 5.32 Å². The molecule has 0 aliphatic carbocycles. The molecule has 1 fully saturated rings. The molecule has 1 aliphatic rings. The van der Waals surface area contributed by atoms with Crippen LogP contribution in [-0.2, 0) is 24.3 Å². The summed E-state index contributed by atoms with van der Waals surface area (Å²) in [6.45, 7) is 1.02. The van der Waals surface area contributed by atoms with Crippen LogP contribution in [0.2, 0.25) is 0 Å². The van der Waals surface area contributed by atoms with Crippen molar-refractivity contribution in [2.24, 2.45) is 0 Å². The summed E-state index contributed by atoms with van der Waals surface area (Å²) in [7, 11) is -3.81. The second-order valence-electron chi connectivity index (χ2n) is 8.00. The van der Waals surface area contributed by atoms with E-state index in [0.29, 0.717) is 18.8 Å². The second-order valence-corrected chi connectivity index (χ2v) is 9.94. The van der Waals surface area contributed by atoms with Crippen LogP contribution in [0, 0.1) is 10.1 Å². The maximum absolute atomic E-state index is 13.3. The minimum atomic E-state index is -3.81. The van der Waals surface area contributed by atoms with Crippen LogP contribution in [0.15, 0.2) is 83.8 Å². The number of esters is 1. The fraction of sp³-hybridized carbons (Fsp3) is 0.200. The molecule has 1 amide bonds. The molecule has 0 aromatic heterocycles. The molecule has 37 heavy (non-hydrogen) atoms. The predicted octanol–water partition coefficient (Wildman–Crippen LogP) is 3.15. The number of hydrogen-bond donors (Lipinski definition) is 1. The van der Waals surface area contributed by atoms with Crippen molar-refractivity contribution in [1.29, 1.82) is 0 Å². The van der Waals surface area contributed by atoms with Crippen molar-refractivity contribution in [2.75, 3.05) is 31.6 Å². The van der Waals surface area contributed by atoms with E-state index in [1.807, 2.05) is 0 Å². The average molecular weight is 526 g/mol. The summed E-state index contributed by atoms with van der Waals surface area (Å²) >= 11 is 0. The van der Waals surface area contributed by atoms with E-state index in [0.717, 1.165) is 6.07 Å². The third kappa shape index (κ3) is 6.00. The van der Waals surface area contributed by atoms with Gasteiger partial charge >= 0.3 is 5.97 Å². The molecule has 4 rings (SSSR count). The van der Waals surface area contributed by atoms with Gasteiger partial charge in [0.2, 0.25) is 16.1 Å². The van der Waals surface area contributed by atoms with Crippen LogP contribution < -0.4 is 5.32 Å². The van der Waals surface area contributed by atoms with Crippen LogP contribution in [0.1, 0.15) is 22.0 Å². The molecule has 3 aromatic carbocycles. The Kier molecular flexibility index (Phi) is 7.92. The van der Waals surface area contributed by atoms with Gasteiger partial charge in [-0.15, -0.1) is 0 Å². The number of morpholine rings is 1. The van der Waals surface area contributed by atoms with Crippen LogP contribution in [0.4, 0.5) is 11.4 Å². The molecule has 1 N–H and O–H groups in total. The minimum absolute atomic E-state index is 0.0135. The lowest BCUT2D eigenvalue weighted by Gasteiger charge is -2.26. The quantitative estimate of drug-likeness (QED) is 0.268. The van der Waals surface area contributed by atoms with E-state index < -0.39 is 38.6 Å². The molecule has 1 aliphatic heterocycles. The summed E-state index contributed by atoms with van der Waals surface area (Å²) in [5.41, 5.74) is -0.272. The molecule has 12 heteroatoms. The van der Waals surface area contributed by atoms with Crippen molar-refractivity contribution in [3.05, 3.63) is 100 Å². The lowest BCUT2D eigenvalue weighted by atomic mass is 10.1. The molecular weight excluding hydrogens is 502 g/mol. The summed E-state index contributed by atoms with van der Waals surface area (Å²) in [6.07, 6.45) is -1.46. The Hall–Kier alpha value is -4.13. The number of para-hydroxylation sites is 1. The third-order valence-electron chi connectivity index (χ3n) is 5.60. The van der Waals surface area contributed by atoms with Gasteiger partial charge in [0.1, 0.15) is 5.56 Å². The Bertz CT molecular complexity index is 1410. The van der Waals surface area contributed by atoms with Gasteiger partial charge in [-0.1, -0.05) is 48.5 Å². The number of ether oxygens (including phenoxy) is 2. The van der Waals surface area contributed by atoms with Crippen LogP contribution in [0.5, 0.6) is 0 Å². The number of rotatable bonds is 8. The highest BCUT2D eigenvalue weighted by molar-refractivity contribution is 7.89. The van der Waals surface area contributed by atoms with Gasteiger partial charge in [0.05, 0.1) is 23.0 Å². The molecule has 1 unspecified atom stereocenters. The van der Waals surface area contributed by atoms with Gasteiger partial charge in [-0.3, -0.25) is 14.9 Å². The largest absolute Gasteiger partial charge is 0.443 e. The van der Waals surface area contributed by atoms with E-state index in [1.165, 1.54) is 46.8 Å². The fourth-order valence-corrected chi connectivity index (χ4v) is 5.21. The monoisotopic (exact) mass is 525 g/mol. The molecule has 1 saturated heterocycles. The van der Waals surface area contributed by atoms with E-state index in [9.17, 15) is 28.1 Å². The summed E-state index contributed by atoms with van der Waals surface area (Å²) in [5.74, 6) is -1.82. The Balaban J connectivity index is 1.59. The summed E-state index contributed by atoms with van der Waals surface area (Å²) in [6, 6.07) is 19.1. The zero-order valence-electron chi connectivity index (χ0n) is 19.5. The summed E-state index contributed by atoms with van der Waals surface area (Å²) in [4.78, 5) is 36.7. The van der Waals surface area contributed by atoms with Gasteiger partial charge in [-0.2, -0.15) is 4.31 Å². The molecule has 1 atom stereocenters. The van der Waals surface area contributed by atoms with Crippen molar-refractivity contribution in [3.63, 3.8) is 0 Å². The van der Waals surface area contributed by atoms with Gasteiger partial charge in [-0.05, 0) is 24.3 Å². The standard InChI is InChI=1S/C25H23N3O8S/c29-24(26-19-9-6-10-20(17-19)37(33,34)27-13-15-35-16-14-27)23(18-7-2-1-3-8-18)36-25(30)21-11-4-5-12-22(21)28(31)32/h1-12,17,23H,13-16H2,(H,26,29). The van der Waals surface area contributed by atoms with Crippen LogP contribution in [0.25, 0.3) is 0 Å². The van der Waals surface area contributed by atoms with E-state index in [-0.39, 0.29) is 29.2 Å². The lowest BCUT2D eigenvalue weighted by Crippen LogP contribution is -2.40. The Morgan fingerprint density at radius 1 is 0.973 bits per heavy atom. The first-order valence-electron chi connectivity index (χ1n) is 11.3. The Labute approximate surface area is 212 Å². The normalized spacial score (nSPS) is 14.9. The smallest absolute Gasteiger partial charge is 0.346 e. The molecule has 0 spiro atoms. The molecule has 0 saturated carbocycles. The fourth-order valence-electron chi connectivity index (χ4n) is 3.75. The van der Waals surface area contributed by atoms with Crippen molar-refractivity contribution in [2.45, 2.75) is 11.0 Å². The lowest BCUT2D eigenvalue weighted by molar-refractivity contribution is -0.385. The second kappa shape index (κ2) is 11.3. The highest BCUT2D eigenvalue weighted by Crippen LogP contribution is 2.26. The van der Waals surface area contributed by atoms with Crippen LogP contribution >= 0.6 is 0 Å². The maximum Gasteiger partial charge on any atom is 0.346 e. The zero-order chi connectivity index (χ0) is 26.4. The first-order chi connectivity index (χ1) is 17.8. The number of hydrogen-bond acceptors (Lipinski definition) is 8. The first kappa shape index (κ1) is 25.9. The SMILES string of the molecule is O=C(OC(C(=O)Nc1cccc(S(=O)(=O)N2CCOCC2)c1)c1ccccc1)c1ccccc1[N+](=O)[O-]. The molecule has 0 radical (unpaired) electrons. The number of carbonyl (C=O) groups excluding carboxylic acids is 2. The third-order valence-corrected chi connectivity index (χ3v) is 7.49. The number of carbonyl (C=O) groups is 2. The van der Waals surface area contributed by atoms with Crippen LogP contribution in [-0.4, -0.2) is 55.8 Å². The van der Waals surface area contributed by atoms with Crippen molar-refractivity contribution >= 4 is 33.3 Å². The minimum Gasteiger partial charge on any atom is -0.443 e. The highest BCUT2D eigenvalue weighted by atomic mass is 32.2. The van der Waals surface area contributed by atoms with E-state index in [4.69, 9.17) is 9.47 Å². The highest BCUT2D eigenvalue weighted by Gasteiger charge is 2.30. The van der Waals surface area contributed by atoms with Crippen molar-refractivity contribution in [3.8, 4) is 0 Å². The molecular formula is C25H23N3O8S. The average Bonchev–Trinajstić information content (AvgIpc) is 2.92. The van der Waals surface area contributed by atoms with Crippen molar-refractivity contribution in [1.82, 2.24) is 4.31 Å². The zero-order valence-corrected chi connectivity index (χ0v) is 20.3. The van der Waals surface area contributed by atoms with Crippen LogP contribution in [0.3, 0.4) is 0 Å². The number of nitrogens with zero attached hydrogens (tertiary/aromatic N) is 2. The van der Waals surface area contributed by atoms with Gasteiger partial charge in [0, 0.05) is 30.4 Å². The first-order valence-corrected chi connectivity index (χ1v) is 12.7.